The van der Waals surface area contributed by atoms with Crippen molar-refractivity contribution < 1.29 is 4.21 Å². The fourth-order valence-corrected chi connectivity index (χ4v) is 2.36. The number of rotatable bonds is 0. The van der Waals surface area contributed by atoms with Gasteiger partial charge in [-0.1, -0.05) is 12.2 Å². The summed E-state index contributed by atoms with van der Waals surface area (Å²) in [6, 6.07) is 0. The molecule has 2 rings (SSSR count). The molecule has 0 aromatic carbocycles. The topological polar surface area (TPSA) is 41.1 Å². The SMILES string of the molecule is O=S1NNCC2CC=CC=C21. The number of allylic oxidation sites excluding steroid dienone is 3. The van der Waals surface area contributed by atoms with E-state index in [0.717, 1.165) is 17.9 Å². The van der Waals surface area contributed by atoms with Crippen molar-refractivity contribution in [2.75, 3.05) is 6.54 Å². The molecule has 0 saturated carbocycles. The quantitative estimate of drug-likeness (QED) is 0.546. The van der Waals surface area contributed by atoms with Gasteiger partial charge in [0.05, 0.1) is 0 Å². The average Bonchev–Trinajstić information content (AvgIpc) is 2.06. The number of fused-ring (bicyclic) bond motifs is 1. The summed E-state index contributed by atoms with van der Waals surface area (Å²) in [6.45, 7) is 0.877. The number of hydrogen-bond donors (Lipinski definition) is 2. The van der Waals surface area contributed by atoms with Crippen molar-refractivity contribution in [3.05, 3.63) is 23.1 Å². The Kier molecular flexibility index (Phi) is 1.89. The van der Waals surface area contributed by atoms with Gasteiger partial charge in [-0.3, -0.25) is 0 Å². The predicted octanol–water partition coefficient (Wildman–Crippen LogP) is 0.218. The highest BCUT2D eigenvalue weighted by molar-refractivity contribution is 7.87. The Labute approximate surface area is 68.1 Å². The van der Waals surface area contributed by atoms with Crippen LogP contribution in [0, 0.1) is 5.92 Å². The van der Waals surface area contributed by atoms with E-state index in [2.05, 4.69) is 16.3 Å². The van der Waals surface area contributed by atoms with Crippen molar-refractivity contribution in [3.63, 3.8) is 0 Å². The van der Waals surface area contributed by atoms with Gasteiger partial charge in [0.1, 0.15) is 11.0 Å². The van der Waals surface area contributed by atoms with Crippen LogP contribution in [0.5, 0.6) is 0 Å². The van der Waals surface area contributed by atoms with E-state index in [-0.39, 0.29) is 0 Å². The third kappa shape index (κ3) is 1.29. The van der Waals surface area contributed by atoms with Crippen molar-refractivity contribution >= 4 is 11.0 Å². The van der Waals surface area contributed by atoms with Crippen molar-refractivity contribution in [2.45, 2.75) is 6.42 Å². The van der Waals surface area contributed by atoms with Crippen LogP contribution in [-0.4, -0.2) is 10.8 Å². The minimum absolute atomic E-state index is 0.432. The standard InChI is InChI=1S/C7H10N2OS/c10-11-7-4-2-1-3-6(7)5-8-9-11/h1-2,4,6,8-9H,3,5H2. The van der Waals surface area contributed by atoms with Gasteiger partial charge in [-0.25, -0.2) is 9.63 Å². The van der Waals surface area contributed by atoms with Crippen molar-refractivity contribution in [1.82, 2.24) is 10.3 Å². The van der Waals surface area contributed by atoms with E-state index in [0.29, 0.717) is 5.92 Å². The van der Waals surface area contributed by atoms with Gasteiger partial charge in [0.2, 0.25) is 0 Å². The molecule has 0 aromatic heterocycles. The van der Waals surface area contributed by atoms with Crippen LogP contribution >= 0.6 is 0 Å². The summed E-state index contributed by atoms with van der Waals surface area (Å²) in [5.74, 6) is 0.432. The molecule has 0 spiro atoms. The van der Waals surface area contributed by atoms with Crippen molar-refractivity contribution in [2.24, 2.45) is 5.92 Å². The second-order valence-corrected chi connectivity index (χ2v) is 3.89. The molecule has 2 aliphatic rings. The zero-order valence-electron chi connectivity index (χ0n) is 6.04. The van der Waals surface area contributed by atoms with Crippen LogP contribution in [0.4, 0.5) is 0 Å². The van der Waals surface area contributed by atoms with Gasteiger partial charge in [0, 0.05) is 17.4 Å². The second kappa shape index (κ2) is 2.89. The Balaban J connectivity index is 2.27. The van der Waals surface area contributed by atoms with Crippen LogP contribution in [0.2, 0.25) is 0 Å². The molecule has 2 atom stereocenters. The minimum atomic E-state index is -1.01. The maximum Gasteiger partial charge on any atom is 0.134 e. The Morgan fingerprint density at radius 2 is 2.55 bits per heavy atom. The van der Waals surface area contributed by atoms with Crippen LogP contribution in [0.25, 0.3) is 0 Å². The van der Waals surface area contributed by atoms with Crippen LogP contribution < -0.4 is 10.3 Å². The van der Waals surface area contributed by atoms with Gasteiger partial charge < -0.3 is 0 Å². The summed E-state index contributed by atoms with van der Waals surface area (Å²) < 4.78 is 11.3. The molecule has 0 bridgehead atoms. The Bertz CT molecular complexity index is 247. The molecular weight excluding hydrogens is 160 g/mol. The van der Waals surface area contributed by atoms with Gasteiger partial charge in [-0.2, -0.15) is 4.83 Å². The van der Waals surface area contributed by atoms with Crippen molar-refractivity contribution in [1.29, 1.82) is 0 Å². The molecule has 11 heavy (non-hydrogen) atoms. The molecule has 0 amide bonds. The maximum absolute atomic E-state index is 11.3. The number of hydrogen-bond acceptors (Lipinski definition) is 2. The van der Waals surface area contributed by atoms with E-state index in [9.17, 15) is 4.21 Å². The van der Waals surface area contributed by atoms with Crippen LogP contribution in [0.15, 0.2) is 23.1 Å². The van der Waals surface area contributed by atoms with Crippen LogP contribution in [0.1, 0.15) is 6.42 Å². The second-order valence-electron chi connectivity index (χ2n) is 2.68. The average molecular weight is 170 g/mol. The van der Waals surface area contributed by atoms with E-state index < -0.39 is 11.0 Å². The normalized spacial score (nSPS) is 36.2. The Morgan fingerprint density at radius 3 is 3.36 bits per heavy atom. The summed E-state index contributed by atoms with van der Waals surface area (Å²) in [7, 11) is -1.01. The van der Waals surface area contributed by atoms with Gasteiger partial charge in [-0.15, -0.1) is 0 Å². The molecule has 1 heterocycles. The Hall–Kier alpha value is -0.450. The lowest BCUT2D eigenvalue weighted by Gasteiger charge is -2.26. The molecule has 4 heteroatoms. The molecule has 60 valence electrons. The molecule has 1 aliphatic carbocycles. The molecule has 2 N–H and O–H groups in total. The summed E-state index contributed by atoms with van der Waals surface area (Å²) in [6.07, 6.45) is 7.03. The zero-order valence-corrected chi connectivity index (χ0v) is 6.86. The lowest BCUT2D eigenvalue weighted by Crippen LogP contribution is -2.45. The molecule has 0 radical (unpaired) electrons. The highest BCUT2D eigenvalue weighted by Crippen LogP contribution is 2.23. The van der Waals surface area contributed by atoms with Gasteiger partial charge in [-0.05, 0) is 12.5 Å². The van der Waals surface area contributed by atoms with Crippen LogP contribution in [0.3, 0.4) is 0 Å². The zero-order chi connectivity index (χ0) is 7.68. The van der Waals surface area contributed by atoms with Crippen LogP contribution in [-0.2, 0) is 11.0 Å². The summed E-state index contributed by atoms with van der Waals surface area (Å²) in [5, 5.41) is 0. The van der Waals surface area contributed by atoms with E-state index >= 15 is 0 Å². The van der Waals surface area contributed by atoms with E-state index in [1.165, 1.54) is 0 Å². The first-order valence-electron chi connectivity index (χ1n) is 3.65. The fourth-order valence-electron chi connectivity index (χ4n) is 1.34. The van der Waals surface area contributed by atoms with E-state index in [1.54, 1.807) is 0 Å². The summed E-state index contributed by atoms with van der Waals surface area (Å²) in [5.41, 5.74) is 2.91. The molecule has 1 fully saturated rings. The number of nitrogens with one attached hydrogen (secondary N) is 2. The van der Waals surface area contributed by atoms with Crippen molar-refractivity contribution in [3.8, 4) is 0 Å². The van der Waals surface area contributed by atoms with Gasteiger partial charge >= 0.3 is 0 Å². The fraction of sp³-hybridized carbons (Fsp3) is 0.429. The Morgan fingerprint density at radius 1 is 1.64 bits per heavy atom. The molecular formula is C7H10N2OS. The van der Waals surface area contributed by atoms with Gasteiger partial charge in [0.15, 0.2) is 0 Å². The highest BCUT2D eigenvalue weighted by atomic mass is 32.2. The molecule has 0 aromatic rings. The molecule has 3 nitrogen and oxygen atoms in total. The predicted molar refractivity (Wildman–Crippen MR) is 44.6 cm³/mol. The monoisotopic (exact) mass is 170 g/mol. The third-order valence-corrected chi connectivity index (χ3v) is 3.17. The van der Waals surface area contributed by atoms with E-state index in [1.807, 2.05) is 12.2 Å². The summed E-state index contributed by atoms with van der Waals surface area (Å²) in [4.78, 5) is 3.72. The number of hydrazine groups is 1. The van der Waals surface area contributed by atoms with E-state index in [4.69, 9.17) is 0 Å². The maximum atomic E-state index is 11.3. The highest BCUT2D eigenvalue weighted by Gasteiger charge is 2.23. The molecule has 1 saturated heterocycles. The lowest BCUT2D eigenvalue weighted by atomic mass is 10.0. The molecule has 1 aliphatic heterocycles. The van der Waals surface area contributed by atoms with Gasteiger partial charge in [0.25, 0.3) is 0 Å². The molecule has 2 unspecified atom stereocenters. The first kappa shape index (κ1) is 7.21. The minimum Gasteiger partial charge on any atom is -0.245 e. The largest absolute Gasteiger partial charge is 0.245 e. The lowest BCUT2D eigenvalue weighted by molar-refractivity contribution is 0.510. The smallest absolute Gasteiger partial charge is 0.134 e. The first-order valence-corrected chi connectivity index (χ1v) is 4.80. The summed E-state index contributed by atoms with van der Waals surface area (Å²) >= 11 is 0. The first-order chi connectivity index (χ1) is 5.38. The third-order valence-electron chi connectivity index (χ3n) is 1.95.